The molecule has 2 atom stereocenters. The minimum Gasteiger partial charge on any atom is -0.361 e. The summed E-state index contributed by atoms with van der Waals surface area (Å²) in [7, 11) is 0. The summed E-state index contributed by atoms with van der Waals surface area (Å²) in [6, 6.07) is 12.9. The molecule has 5 heteroatoms. The fourth-order valence-electron chi connectivity index (χ4n) is 5.85. The number of aryl methyl sites for hydroxylation is 2. The molecule has 3 aliphatic rings. The van der Waals surface area contributed by atoms with Gasteiger partial charge in [0.2, 0.25) is 11.8 Å². The molecule has 4 aromatic rings. The summed E-state index contributed by atoms with van der Waals surface area (Å²) in [6.07, 6.45) is 8.72. The quantitative estimate of drug-likeness (QED) is 0.490. The van der Waals surface area contributed by atoms with Gasteiger partial charge in [-0.1, -0.05) is 30.3 Å². The Morgan fingerprint density at radius 2 is 1.77 bits per heavy atom. The zero-order chi connectivity index (χ0) is 20.7. The number of fused-ring (bicyclic) bond motifs is 1. The van der Waals surface area contributed by atoms with Gasteiger partial charge < -0.3 is 9.55 Å². The number of para-hydroxylation sites is 1. The van der Waals surface area contributed by atoms with E-state index in [9.17, 15) is 9.59 Å². The molecule has 154 valence electrons. The molecule has 31 heavy (non-hydrogen) atoms. The molecule has 1 saturated heterocycles. The minimum atomic E-state index is -0.517. The van der Waals surface area contributed by atoms with Crippen LogP contribution >= 0.6 is 0 Å². The third kappa shape index (κ3) is 2.43. The van der Waals surface area contributed by atoms with Gasteiger partial charge in [0.05, 0.1) is 17.4 Å². The zero-order valence-electron chi connectivity index (χ0n) is 17.2. The van der Waals surface area contributed by atoms with Crippen molar-refractivity contribution >= 4 is 33.6 Å². The van der Waals surface area contributed by atoms with Crippen molar-refractivity contribution in [2.24, 2.45) is 0 Å². The summed E-state index contributed by atoms with van der Waals surface area (Å²) in [5, 5.41) is 4.77. The van der Waals surface area contributed by atoms with E-state index in [1.165, 1.54) is 29.5 Å². The lowest BCUT2D eigenvalue weighted by Gasteiger charge is -2.15. The van der Waals surface area contributed by atoms with Crippen LogP contribution in [-0.4, -0.2) is 21.4 Å². The number of benzene rings is 2. The Hall–Kier alpha value is -3.34. The number of hydrogen-bond donors (Lipinski definition) is 2. The SMILES string of the molecule is O=C1NC(=O)[C@@H](c2cn3c4c(cccc24)CCC3)[C@@H]1c1c[nH]c2cc(C3CC3)ccc12. The highest BCUT2D eigenvalue weighted by molar-refractivity contribution is 6.13. The molecule has 2 aromatic carbocycles. The van der Waals surface area contributed by atoms with Gasteiger partial charge in [0.25, 0.3) is 0 Å². The molecule has 1 aliphatic carbocycles. The van der Waals surface area contributed by atoms with Gasteiger partial charge in [0.1, 0.15) is 0 Å². The van der Waals surface area contributed by atoms with Crippen LogP contribution in [0.2, 0.25) is 0 Å². The Bertz CT molecular complexity index is 1410. The maximum Gasteiger partial charge on any atom is 0.235 e. The van der Waals surface area contributed by atoms with Crippen molar-refractivity contribution in [1.82, 2.24) is 14.9 Å². The largest absolute Gasteiger partial charge is 0.361 e. The summed E-state index contributed by atoms with van der Waals surface area (Å²) in [6.45, 7) is 0.956. The number of hydrogen-bond acceptors (Lipinski definition) is 2. The van der Waals surface area contributed by atoms with Crippen molar-refractivity contribution < 1.29 is 9.59 Å². The predicted octanol–water partition coefficient (Wildman–Crippen LogP) is 4.47. The minimum absolute atomic E-state index is 0.192. The predicted molar refractivity (Wildman–Crippen MR) is 119 cm³/mol. The topological polar surface area (TPSA) is 66.9 Å². The number of H-pyrrole nitrogens is 1. The first kappa shape index (κ1) is 17.4. The summed E-state index contributed by atoms with van der Waals surface area (Å²) in [5.74, 6) is -0.741. The molecule has 0 spiro atoms. The third-order valence-electron chi connectivity index (χ3n) is 7.46. The molecule has 2 fully saturated rings. The van der Waals surface area contributed by atoms with Crippen LogP contribution in [0, 0.1) is 0 Å². The van der Waals surface area contributed by atoms with Crippen molar-refractivity contribution in [3.63, 3.8) is 0 Å². The Kier molecular flexibility index (Phi) is 3.41. The highest BCUT2D eigenvalue weighted by Crippen LogP contribution is 2.45. The van der Waals surface area contributed by atoms with Crippen molar-refractivity contribution in [1.29, 1.82) is 0 Å². The van der Waals surface area contributed by atoms with E-state index in [1.807, 2.05) is 6.20 Å². The zero-order valence-corrected chi connectivity index (χ0v) is 17.2. The Labute approximate surface area is 179 Å². The number of amides is 2. The van der Waals surface area contributed by atoms with E-state index in [2.05, 4.69) is 57.5 Å². The van der Waals surface area contributed by atoms with Gasteiger partial charge in [-0.3, -0.25) is 14.9 Å². The number of rotatable bonds is 3. The smallest absolute Gasteiger partial charge is 0.235 e. The summed E-state index contributed by atoms with van der Waals surface area (Å²) >= 11 is 0. The fourth-order valence-corrected chi connectivity index (χ4v) is 5.85. The lowest BCUT2D eigenvalue weighted by Crippen LogP contribution is -2.21. The first-order valence-corrected chi connectivity index (χ1v) is 11.3. The maximum absolute atomic E-state index is 13.1. The van der Waals surface area contributed by atoms with Crippen LogP contribution in [0.3, 0.4) is 0 Å². The molecule has 2 amide bonds. The first-order chi connectivity index (χ1) is 15.2. The van der Waals surface area contributed by atoms with Crippen molar-refractivity contribution in [3.05, 3.63) is 71.0 Å². The van der Waals surface area contributed by atoms with Gasteiger partial charge in [0.15, 0.2) is 0 Å². The molecular formula is C26H23N3O2. The number of imide groups is 1. The van der Waals surface area contributed by atoms with Gasteiger partial charge >= 0.3 is 0 Å². The average molecular weight is 409 g/mol. The van der Waals surface area contributed by atoms with Gasteiger partial charge in [-0.25, -0.2) is 0 Å². The molecule has 5 nitrogen and oxygen atoms in total. The van der Waals surface area contributed by atoms with Gasteiger partial charge in [-0.2, -0.15) is 0 Å². The Balaban J connectivity index is 1.40. The molecule has 2 N–H and O–H groups in total. The van der Waals surface area contributed by atoms with Crippen LogP contribution in [0.5, 0.6) is 0 Å². The van der Waals surface area contributed by atoms with Crippen LogP contribution in [0.15, 0.2) is 48.8 Å². The summed E-state index contributed by atoms with van der Waals surface area (Å²) in [4.78, 5) is 29.5. The monoisotopic (exact) mass is 409 g/mol. The lowest BCUT2D eigenvalue weighted by molar-refractivity contribution is -0.125. The van der Waals surface area contributed by atoms with Crippen LogP contribution in [-0.2, 0) is 22.6 Å². The molecule has 0 radical (unpaired) electrons. The number of aromatic nitrogens is 2. The van der Waals surface area contributed by atoms with Crippen LogP contribution in [0.4, 0.5) is 0 Å². The van der Waals surface area contributed by atoms with E-state index in [1.54, 1.807) is 0 Å². The van der Waals surface area contributed by atoms with E-state index in [0.717, 1.165) is 46.8 Å². The number of nitrogens with one attached hydrogen (secondary N) is 2. The molecular weight excluding hydrogens is 386 g/mol. The standard InChI is InChI=1S/C26H23N3O2/c30-25-22(19-12-27-21-11-16(14-6-7-14)8-9-17(19)21)23(26(31)28-25)20-13-29-10-2-4-15-3-1-5-18(20)24(15)29/h1,3,5,8-9,11-14,22-23,27H,2,4,6-7,10H2,(H,28,30,31)/t22-,23-/m0/s1. The lowest BCUT2D eigenvalue weighted by atomic mass is 9.82. The van der Waals surface area contributed by atoms with E-state index < -0.39 is 11.8 Å². The first-order valence-electron chi connectivity index (χ1n) is 11.3. The molecule has 2 aliphatic heterocycles. The molecule has 7 rings (SSSR count). The third-order valence-corrected chi connectivity index (χ3v) is 7.46. The molecule has 0 unspecified atom stereocenters. The van der Waals surface area contributed by atoms with Crippen LogP contribution < -0.4 is 5.32 Å². The van der Waals surface area contributed by atoms with Crippen molar-refractivity contribution in [2.45, 2.75) is 50.0 Å². The number of carbonyl (C=O) groups excluding carboxylic acids is 2. The fraction of sp³-hybridized carbons (Fsp3) is 0.308. The molecule has 1 saturated carbocycles. The average Bonchev–Trinajstić information content (AvgIpc) is 3.36. The highest BCUT2D eigenvalue weighted by atomic mass is 16.2. The normalized spacial score (nSPS) is 23.1. The molecule has 2 aromatic heterocycles. The van der Waals surface area contributed by atoms with Gasteiger partial charge in [-0.05, 0) is 59.9 Å². The number of carbonyl (C=O) groups is 2. The van der Waals surface area contributed by atoms with E-state index >= 15 is 0 Å². The molecule has 0 bridgehead atoms. The van der Waals surface area contributed by atoms with Gasteiger partial charge in [0, 0.05) is 35.2 Å². The van der Waals surface area contributed by atoms with Crippen LogP contribution in [0.25, 0.3) is 21.8 Å². The Morgan fingerprint density at radius 3 is 2.61 bits per heavy atom. The number of nitrogens with zero attached hydrogens (tertiary/aromatic N) is 1. The summed E-state index contributed by atoms with van der Waals surface area (Å²) < 4.78 is 2.27. The summed E-state index contributed by atoms with van der Waals surface area (Å²) in [5.41, 5.74) is 6.85. The highest BCUT2D eigenvalue weighted by Gasteiger charge is 2.46. The Morgan fingerprint density at radius 1 is 0.935 bits per heavy atom. The molecule has 4 heterocycles. The van der Waals surface area contributed by atoms with Crippen molar-refractivity contribution in [2.75, 3.05) is 0 Å². The number of aromatic amines is 1. The second kappa shape index (κ2) is 6.10. The van der Waals surface area contributed by atoms with Crippen LogP contribution in [0.1, 0.15) is 59.3 Å². The van der Waals surface area contributed by atoms with E-state index in [4.69, 9.17) is 0 Å². The second-order valence-corrected chi connectivity index (χ2v) is 9.33. The van der Waals surface area contributed by atoms with E-state index in [-0.39, 0.29) is 11.8 Å². The van der Waals surface area contributed by atoms with Gasteiger partial charge in [-0.15, -0.1) is 0 Å². The van der Waals surface area contributed by atoms with Crippen molar-refractivity contribution in [3.8, 4) is 0 Å². The maximum atomic E-state index is 13.1. The second-order valence-electron chi connectivity index (χ2n) is 9.33. The van der Waals surface area contributed by atoms with E-state index in [0.29, 0.717) is 5.92 Å².